The lowest BCUT2D eigenvalue weighted by Crippen LogP contribution is -1.85. The van der Waals surface area contributed by atoms with Crippen LogP contribution < -0.4 is 0 Å². The van der Waals surface area contributed by atoms with Gasteiger partial charge < -0.3 is 0 Å². The van der Waals surface area contributed by atoms with E-state index in [4.69, 9.17) is 0 Å². The maximum Gasteiger partial charge on any atom is 0.152 e. The molecule has 1 heterocycles. The first-order valence-corrected chi connectivity index (χ1v) is 6.62. The predicted molar refractivity (Wildman–Crippen MR) is 62.6 cm³/mol. The lowest BCUT2D eigenvalue weighted by Gasteiger charge is -1.99. The number of rotatable bonds is 8. The first-order valence-electron chi connectivity index (χ1n) is 5.74. The van der Waals surface area contributed by atoms with Crippen molar-refractivity contribution in [3.63, 3.8) is 0 Å². The van der Waals surface area contributed by atoms with Gasteiger partial charge in [0, 0.05) is 5.38 Å². The minimum absolute atomic E-state index is 1.15. The molecule has 79 valence electrons. The van der Waals surface area contributed by atoms with E-state index >= 15 is 0 Å². The van der Waals surface area contributed by atoms with Gasteiger partial charge in [0.2, 0.25) is 0 Å². The Hall–Kier alpha value is -0.370. The molecule has 0 aromatic carbocycles. The van der Waals surface area contributed by atoms with Crippen molar-refractivity contribution in [1.29, 1.82) is 0 Å². The number of hydrogen-bond acceptors (Lipinski definition) is 2. The Balaban J connectivity index is 1.85. The number of thiazole rings is 1. The topological polar surface area (TPSA) is 12.9 Å². The summed E-state index contributed by atoms with van der Waals surface area (Å²) in [5.41, 5.74) is 4.12. The Labute approximate surface area is 91.6 Å². The first-order chi connectivity index (χ1) is 6.93. The van der Waals surface area contributed by atoms with E-state index in [1.54, 1.807) is 11.3 Å². The minimum Gasteiger partial charge on any atom is -0.239 e. The van der Waals surface area contributed by atoms with Crippen LogP contribution in [0.1, 0.15) is 57.6 Å². The first kappa shape index (κ1) is 11.7. The standard InChI is InChI=1S/C12H20NS/c1-2-3-4-5-6-7-8-9-12-10-14-11-13-12/h10H,2-9H2,1H3. The van der Waals surface area contributed by atoms with Crippen LogP contribution in [0.4, 0.5) is 0 Å². The van der Waals surface area contributed by atoms with Crippen LogP contribution >= 0.6 is 11.3 Å². The summed E-state index contributed by atoms with van der Waals surface area (Å²) < 4.78 is 0. The number of hydrogen-bond donors (Lipinski definition) is 0. The number of aromatic nitrogens is 1. The minimum atomic E-state index is 1.15. The van der Waals surface area contributed by atoms with Crippen molar-refractivity contribution in [1.82, 2.24) is 4.98 Å². The smallest absolute Gasteiger partial charge is 0.152 e. The summed E-state index contributed by atoms with van der Waals surface area (Å²) in [6, 6.07) is 0. The summed E-state index contributed by atoms with van der Waals surface area (Å²) in [7, 11) is 0. The third-order valence-electron chi connectivity index (χ3n) is 2.47. The third-order valence-corrected chi connectivity index (χ3v) is 3.06. The zero-order chi connectivity index (χ0) is 10.1. The molecular formula is C12H20NS. The van der Waals surface area contributed by atoms with E-state index in [0.717, 1.165) is 6.42 Å². The molecule has 1 radical (unpaired) electrons. The molecule has 0 unspecified atom stereocenters. The summed E-state index contributed by atoms with van der Waals surface area (Å²) in [6.45, 7) is 2.26. The molecule has 0 bridgehead atoms. The maximum absolute atomic E-state index is 4.16. The van der Waals surface area contributed by atoms with Crippen LogP contribution in [0.25, 0.3) is 0 Å². The molecule has 1 rings (SSSR count). The average molecular weight is 210 g/mol. The summed E-state index contributed by atoms with van der Waals surface area (Å²) in [6.07, 6.45) is 10.8. The second kappa shape index (κ2) is 7.98. The fraction of sp³-hybridized carbons (Fsp3) is 0.750. The molecule has 0 saturated heterocycles. The van der Waals surface area contributed by atoms with Gasteiger partial charge in [-0.25, -0.2) is 4.98 Å². The Morgan fingerprint density at radius 2 is 1.86 bits per heavy atom. The second-order valence-electron chi connectivity index (χ2n) is 3.80. The maximum atomic E-state index is 4.16. The Morgan fingerprint density at radius 3 is 2.50 bits per heavy atom. The largest absolute Gasteiger partial charge is 0.239 e. The van der Waals surface area contributed by atoms with Crippen molar-refractivity contribution in [2.45, 2.75) is 58.3 Å². The van der Waals surface area contributed by atoms with Crippen LogP contribution in [0, 0.1) is 5.51 Å². The average Bonchev–Trinajstić information content (AvgIpc) is 2.69. The molecular weight excluding hydrogens is 190 g/mol. The van der Waals surface area contributed by atoms with Crippen molar-refractivity contribution >= 4 is 11.3 Å². The Morgan fingerprint density at radius 1 is 1.14 bits per heavy atom. The molecule has 2 heteroatoms. The molecule has 0 fully saturated rings. The molecule has 0 aliphatic carbocycles. The van der Waals surface area contributed by atoms with Crippen LogP contribution in [-0.4, -0.2) is 4.98 Å². The number of nitrogens with zero attached hydrogens (tertiary/aromatic N) is 1. The van der Waals surface area contributed by atoms with Gasteiger partial charge in [0.25, 0.3) is 0 Å². The number of aryl methyl sites for hydroxylation is 1. The lowest BCUT2D eigenvalue weighted by molar-refractivity contribution is 0.587. The van der Waals surface area contributed by atoms with Crippen LogP contribution in [0.5, 0.6) is 0 Å². The summed E-state index contributed by atoms with van der Waals surface area (Å²) in [5.74, 6) is 0. The SMILES string of the molecule is CCCCCCCCCc1cs[c]n1. The van der Waals surface area contributed by atoms with E-state index in [1.807, 2.05) is 0 Å². The normalized spacial score (nSPS) is 10.6. The lowest BCUT2D eigenvalue weighted by atomic mass is 10.1. The summed E-state index contributed by atoms with van der Waals surface area (Å²) >= 11 is 1.58. The van der Waals surface area contributed by atoms with Gasteiger partial charge in [-0.3, -0.25) is 0 Å². The molecule has 1 aromatic heterocycles. The molecule has 14 heavy (non-hydrogen) atoms. The summed E-state index contributed by atoms with van der Waals surface area (Å²) in [4.78, 5) is 4.16. The molecule has 0 amide bonds. The van der Waals surface area contributed by atoms with Gasteiger partial charge in [-0.15, -0.1) is 11.3 Å². The van der Waals surface area contributed by atoms with Gasteiger partial charge in [-0.05, 0) is 12.8 Å². The third kappa shape index (κ3) is 5.38. The fourth-order valence-corrected chi connectivity index (χ4v) is 2.11. The highest BCUT2D eigenvalue weighted by Crippen LogP contribution is 2.10. The van der Waals surface area contributed by atoms with Gasteiger partial charge in [-0.1, -0.05) is 45.4 Å². The van der Waals surface area contributed by atoms with E-state index in [2.05, 4.69) is 22.8 Å². The van der Waals surface area contributed by atoms with Crippen molar-refractivity contribution in [3.05, 3.63) is 16.6 Å². The van der Waals surface area contributed by atoms with Crippen LogP contribution in [0.2, 0.25) is 0 Å². The summed E-state index contributed by atoms with van der Waals surface area (Å²) in [5, 5.41) is 2.11. The van der Waals surface area contributed by atoms with Gasteiger partial charge in [0.1, 0.15) is 0 Å². The Bertz CT molecular complexity index is 206. The molecule has 0 atom stereocenters. The molecule has 0 aliphatic rings. The highest BCUT2D eigenvalue weighted by molar-refractivity contribution is 7.07. The molecule has 1 nitrogen and oxygen atoms in total. The van der Waals surface area contributed by atoms with Crippen LogP contribution in [0.15, 0.2) is 5.38 Å². The fourth-order valence-electron chi connectivity index (χ4n) is 1.58. The van der Waals surface area contributed by atoms with Gasteiger partial charge in [0.05, 0.1) is 5.69 Å². The molecule has 0 N–H and O–H groups in total. The van der Waals surface area contributed by atoms with Gasteiger partial charge in [0.15, 0.2) is 5.51 Å². The van der Waals surface area contributed by atoms with Crippen LogP contribution in [0.3, 0.4) is 0 Å². The highest BCUT2D eigenvalue weighted by Gasteiger charge is 1.95. The quantitative estimate of drug-likeness (QED) is 0.585. The van der Waals surface area contributed by atoms with E-state index < -0.39 is 0 Å². The van der Waals surface area contributed by atoms with E-state index in [9.17, 15) is 0 Å². The molecule has 0 saturated carbocycles. The van der Waals surface area contributed by atoms with E-state index in [-0.39, 0.29) is 0 Å². The van der Waals surface area contributed by atoms with Gasteiger partial charge >= 0.3 is 0 Å². The molecule has 0 spiro atoms. The molecule has 0 aliphatic heterocycles. The van der Waals surface area contributed by atoms with Crippen molar-refractivity contribution in [2.75, 3.05) is 0 Å². The Kier molecular flexibility index (Phi) is 6.67. The van der Waals surface area contributed by atoms with Crippen molar-refractivity contribution in [2.24, 2.45) is 0 Å². The molecule has 1 aromatic rings. The highest BCUT2D eigenvalue weighted by atomic mass is 32.1. The number of unbranched alkanes of at least 4 members (excludes halogenated alkanes) is 6. The van der Waals surface area contributed by atoms with E-state index in [0.29, 0.717) is 0 Å². The van der Waals surface area contributed by atoms with Crippen molar-refractivity contribution < 1.29 is 0 Å². The second-order valence-corrected chi connectivity index (χ2v) is 4.46. The van der Waals surface area contributed by atoms with Gasteiger partial charge in [-0.2, -0.15) is 0 Å². The monoisotopic (exact) mass is 210 g/mol. The zero-order valence-corrected chi connectivity index (χ0v) is 9.91. The zero-order valence-electron chi connectivity index (χ0n) is 9.09. The van der Waals surface area contributed by atoms with Crippen LogP contribution in [-0.2, 0) is 6.42 Å². The van der Waals surface area contributed by atoms with E-state index in [1.165, 1.54) is 50.6 Å². The predicted octanol–water partition coefficient (Wildman–Crippen LogP) is 4.24. The van der Waals surface area contributed by atoms with Crippen molar-refractivity contribution in [3.8, 4) is 0 Å².